The predicted octanol–water partition coefficient (Wildman–Crippen LogP) is 0.790. The lowest BCUT2D eigenvalue weighted by Crippen LogP contribution is -2.30. The first-order valence-electron chi connectivity index (χ1n) is 6.05. The van der Waals surface area contributed by atoms with Gasteiger partial charge in [0, 0.05) is 19.1 Å². The Hall–Kier alpha value is -0.770. The van der Waals surface area contributed by atoms with Crippen LogP contribution >= 0.6 is 0 Å². The van der Waals surface area contributed by atoms with E-state index in [2.05, 4.69) is 17.6 Å². The number of nitrogens with zero attached hydrogens (tertiary/aromatic N) is 1. The number of hydrogen-bond acceptors (Lipinski definition) is 2. The van der Waals surface area contributed by atoms with Gasteiger partial charge in [0.1, 0.15) is 0 Å². The van der Waals surface area contributed by atoms with Crippen LogP contribution in [0.1, 0.15) is 26.2 Å². The molecule has 0 saturated carbocycles. The van der Waals surface area contributed by atoms with Gasteiger partial charge in [-0.3, -0.25) is 0 Å². The molecule has 2 unspecified atom stereocenters. The molecule has 0 bridgehead atoms. The normalized spacial score (nSPS) is 31.0. The lowest BCUT2D eigenvalue weighted by atomic mass is 10.1. The van der Waals surface area contributed by atoms with E-state index in [0.717, 1.165) is 44.9 Å². The van der Waals surface area contributed by atoms with Gasteiger partial charge < -0.3 is 15.5 Å². The molecule has 86 valence electrons. The lowest BCUT2D eigenvalue weighted by molar-refractivity contribution is 0.214. The van der Waals surface area contributed by atoms with Crippen molar-refractivity contribution in [2.24, 2.45) is 5.92 Å². The van der Waals surface area contributed by atoms with E-state index in [1.807, 2.05) is 4.90 Å². The molecule has 0 aromatic heterocycles. The summed E-state index contributed by atoms with van der Waals surface area (Å²) in [5.41, 5.74) is 0. The summed E-state index contributed by atoms with van der Waals surface area (Å²) in [6.07, 6.45) is 3.46. The SMILES string of the molecule is CCC1CN(CCC2CCNC2)C(=O)N1. The van der Waals surface area contributed by atoms with Gasteiger partial charge >= 0.3 is 6.03 Å². The Labute approximate surface area is 91.4 Å². The number of nitrogens with one attached hydrogen (secondary N) is 2. The van der Waals surface area contributed by atoms with Gasteiger partial charge in [0.25, 0.3) is 0 Å². The molecule has 2 rings (SSSR count). The van der Waals surface area contributed by atoms with Gasteiger partial charge in [-0.25, -0.2) is 4.79 Å². The molecule has 15 heavy (non-hydrogen) atoms. The Bertz CT molecular complexity index is 226. The second kappa shape index (κ2) is 4.84. The fourth-order valence-corrected chi connectivity index (χ4v) is 2.38. The summed E-state index contributed by atoms with van der Waals surface area (Å²) >= 11 is 0. The maximum atomic E-state index is 11.5. The van der Waals surface area contributed by atoms with E-state index in [9.17, 15) is 4.79 Å². The van der Waals surface area contributed by atoms with Crippen molar-refractivity contribution in [3.05, 3.63) is 0 Å². The van der Waals surface area contributed by atoms with E-state index in [0.29, 0.717) is 6.04 Å². The molecule has 4 heteroatoms. The number of urea groups is 1. The quantitative estimate of drug-likeness (QED) is 0.722. The first-order valence-corrected chi connectivity index (χ1v) is 6.05. The molecule has 2 fully saturated rings. The second-order valence-corrected chi connectivity index (χ2v) is 4.65. The minimum Gasteiger partial charge on any atom is -0.333 e. The van der Waals surface area contributed by atoms with Crippen molar-refractivity contribution >= 4 is 6.03 Å². The molecule has 4 nitrogen and oxygen atoms in total. The van der Waals surface area contributed by atoms with Crippen LogP contribution in [0.15, 0.2) is 0 Å². The van der Waals surface area contributed by atoms with E-state index in [1.54, 1.807) is 0 Å². The third-order valence-electron chi connectivity index (χ3n) is 3.52. The Balaban J connectivity index is 1.72. The van der Waals surface area contributed by atoms with Crippen molar-refractivity contribution in [3.63, 3.8) is 0 Å². The maximum Gasteiger partial charge on any atom is 0.317 e. The third kappa shape index (κ3) is 2.62. The van der Waals surface area contributed by atoms with Crippen molar-refractivity contribution in [2.45, 2.75) is 32.2 Å². The molecule has 0 aromatic rings. The van der Waals surface area contributed by atoms with Crippen LogP contribution in [0.3, 0.4) is 0 Å². The van der Waals surface area contributed by atoms with E-state index < -0.39 is 0 Å². The van der Waals surface area contributed by atoms with Crippen LogP contribution < -0.4 is 10.6 Å². The average Bonchev–Trinajstić information content (AvgIpc) is 2.84. The highest BCUT2D eigenvalue weighted by Crippen LogP contribution is 2.15. The van der Waals surface area contributed by atoms with Crippen molar-refractivity contribution in [3.8, 4) is 0 Å². The summed E-state index contributed by atoms with van der Waals surface area (Å²) < 4.78 is 0. The minimum atomic E-state index is 0.132. The molecule has 2 aliphatic rings. The molecule has 0 aliphatic carbocycles. The average molecular weight is 211 g/mol. The van der Waals surface area contributed by atoms with E-state index in [4.69, 9.17) is 0 Å². The van der Waals surface area contributed by atoms with E-state index in [1.165, 1.54) is 6.42 Å². The molecule has 0 radical (unpaired) electrons. The zero-order chi connectivity index (χ0) is 10.7. The molecule has 2 saturated heterocycles. The van der Waals surface area contributed by atoms with Crippen LogP contribution in [0, 0.1) is 5.92 Å². The number of hydrogen-bond donors (Lipinski definition) is 2. The third-order valence-corrected chi connectivity index (χ3v) is 3.52. The Morgan fingerprint density at radius 3 is 3.00 bits per heavy atom. The highest BCUT2D eigenvalue weighted by Gasteiger charge is 2.27. The standard InChI is InChI=1S/C11H21N3O/c1-2-10-8-14(11(15)13-10)6-4-9-3-5-12-7-9/h9-10,12H,2-8H2,1H3,(H,13,15). The molecule has 2 amide bonds. The van der Waals surface area contributed by atoms with Crippen LogP contribution in [0.2, 0.25) is 0 Å². The largest absolute Gasteiger partial charge is 0.333 e. The highest BCUT2D eigenvalue weighted by atomic mass is 16.2. The van der Waals surface area contributed by atoms with Crippen LogP contribution in [0.4, 0.5) is 4.79 Å². The number of carbonyl (C=O) groups is 1. The Morgan fingerprint density at radius 2 is 2.40 bits per heavy atom. The molecule has 0 spiro atoms. The van der Waals surface area contributed by atoms with Gasteiger partial charge in [-0.05, 0) is 38.3 Å². The molecule has 2 heterocycles. The van der Waals surface area contributed by atoms with Gasteiger partial charge in [-0.15, -0.1) is 0 Å². The first-order chi connectivity index (χ1) is 7.29. The maximum absolute atomic E-state index is 11.5. The zero-order valence-electron chi connectivity index (χ0n) is 9.46. The van der Waals surface area contributed by atoms with Crippen LogP contribution in [-0.4, -0.2) is 43.2 Å². The van der Waals surface area contributed by atoms with Crippen molar-refractivity contribution < 1.29 is 4.79 Å². The molecule has 2 atom stereocenters. The smallest absolute Gasteiger partial charge is 0.317 e. The Kier molecular flexibility index (Phi) is 3.46. The fraction of sp³-hybridized carbons (Fsp3) is 0.909. The molecular weight excluding hydrogens is 190 g/mol. The predicted molar refractivity (Wildman–Crippen MR) is 59.8 cm³/mol. The van der Waals surface area contributed by atoms with E-state index >= 15 is 0 Å². The van der Waals surface area contributed by atoms with Crippen LogP contribution in [0.25, 0.3) is 0 Å². The van der Waals surface area contributed by atoms with Gasteiger partial charge in [0.2, 0.25) is 0 Å². The van der Waals surface area contributed by atoms with Gasteiger partial charge in [0.05, 0.1) is 0 Å². The van der Waals surface area contributed by atoms with Gasteiger partial charge in [-0.2, -0.15) is 0 Å². The summed E-state index contributed by atoms with van der Waals surface area (Å²) in [7, 11) is 0. The number of amides is 2. The molecular formula is C11H21N3O. The number of rotatable bonds is 4. The monoisotopic (exact) mass is 211 g/mol. The van der Waals surface area contributed by atoms with Crippen molar-refractivity contribution in [1.29, 1.82) is 0 Å². The summed E-state index contributed by atoms with van der Waals surface area (Å²) in [5.74, 6) is 0.776. The van der Waals surface area contributed by atoms with Crippen molar-refractivity contribution in [2.75, 3.05) is 26.2 Å². The second-order valence-electron chi connectivity index (χ2n) is 4.65. The van der Waals surface area contributed by atoms with Crippen molar-refractivity contribution in [1.82, 2.24) is 15.5 Å². The van der Waals surface area contributed by atoms with Crippen LogP contribution in [-0.2, 0) is 0 Å². The van der Waals surface area contributed by atoms with Gasteiger partial charge in [0.15, 0.2) is 0 Å². The van der Waals surface area contributed by atoms with Gasteiger partial charge in [-0.1, -0.05) is 6.92 Å². The lowest BCUT2D eigenvalue weighted by Gasteiger charge is -2.16. The topological polar surface area (TPSA) is 44.4 Å². The summed E-state index contributed by atoms with van der Waals surface area (Å²) in [4.78, 5) is 13.5. The minimum absolute atomic E-state index is 0.132. The zero-order valence-corrected chi connectivity index (χ0v) is 9.46. The van der Waals surface area contributed by atoms with Crippen LogP contribution in [0.5, 0.6) is 0 Å². The molecule has 2 aliphatic heterocycles. The summed E-state index contributed by atoms with van der Waals surface area (Å²) in [6.45, 7) is 6.22. The Morgan fingerprint density at radius 1 is 1.53 bits per heavy atom. The first kappa shape index (κ1) is 10.7. The summed E-state index contributed by atoms with van der Waals surface area (Å²) in [6, 6.07) is 0.506. The molecule has 0 aromatic carbocycles. The fourth-order valence-electron chi connectivity index (χ4n) is 2.38. The molecule has 2 N–H and O–H groups in total. The van der Waals surface area contributed by atoms with E-state index in [-0.39, 0.29) is 6.03 Å². The highest BCUT2D eigenvalue weighted by molar-refractivity contribution is 5.76. The summed E-state index contributed by atoms with van der Waals surface area (Å²) in [5, 5.41) is 6.36. The number of carbonyl (C=O) groups excluding carboxylic acids is 1.